The lowest BCUT2D eigenvalue weighted by molar-refractivity contribution is 0.601. The number of nitrogen functional groups attached to an aromatic ring is 1. The normalized spacial score (nSPS) is 11.4. The van der Waals surface area contributed by atoms with E-state index >= 15 is 0 Å². The molecule has 0 spiro atoms. The van der Waals surface area contributed by atoms with Gasteiger partial charge in [0.1, 0.15) is 0 Å². The summed E-state index contributed by atoms with van der Waals surface area (Å²) in [6, 6.07) is 29.4. The lowest BCUT2D eigenvalue weighted by Crippen LogP contribution is -2.13. The van der Waals surface area contributed by atoms with Crippen LogP contribution in [-0.4, -0.2) is 18.4 Å². The van der Waals surface area contributed by atoms with E-state index in [1.807, 2.05) is 67.6 Å². The summed E-state index contributed by atoms with van der Waals surface area (Å²) < 4.78 is 30.7. The first-order valence-electron chi connectivity index (χ1n) is 11.1. The molecule has 0 saturated heterocycles. The van der Waals surface area contributed by atoms with Gasteiger partial charge in [-0.3, -0.25) is 8.65 Å². The van der Waals surface area contributed by atoms with Crippen LogP contribution in [0.25, 0.3) is 22.0 Å². The van der Waals surface area contributed by atoms with Crippen molar-refractivity contribution < 1.29 is 8.42 Å². The first-order valence-corrected chi connectivity index (χ1v) is 13.3. The number of nitrogens with two attached hydrogens (primary N) is 1. The van der Waals surface area contributed by atoms with Crippen molar-refractivity contribution in [1.82, 2.24) is 9.97 Å². The van der Waals surface area contributed by atoms with Crippen LogP contribution < -0.4 is 14.4 Å². The van der Waals surface area contributed by atoms with Gasteiger partial charge < -0.3 is 5.73 Å². The van der Waals surface area contributed by atoms with Crippen LogP contribution in [0.2, 0.25) is 0 Å². The number of sulfonamides is 1. The molecule has 5 aromatic rings. The van der Waals surface area contributed by atoms with Gasteiger partial charge in [0, 0.05) is 10.9 Å². The highest BCUT2D eigenvalue weighted by atomic mass is 79.9. The maximum absolute atomic E-state index is 13.1. The predicted octanol–water partition coefficient (Wildman–Crippen LogP) is 6.44. The summed E-state index contributed by atoms with van der Waals surface area (Å²) in [6.45, 7) is 1.91. The Morgan fingerprint density at radius 1 is 0.861 bits per heavy atom. The highest BCUT2D eigenvalue weighted by Gasteiger charge is 2.18. The Morgan fingerprint density at radius 3 is 2.31 bits per heavy atom. The van der Waals surface area contributed by atoms with Crippen LogP contribution in [-0.2, 0) is 10.0 Å². The van der Waals surface area contributed by atoms with Gasteiger partial charge in [0.2, 0.25) is 5.95 Å². The molecule has 1 aromatic heterocycles. The molecule has 9 heteroatoms. The number of rotatable bonds is 6. The van der Waals surface area contributed by atoms with Gasteiger partial charge in [-0.05, 0) is 55.0 Å². The third-order valence-electron chi connectivity index (χ3n) is 5.68. The minimum absolute atomic E-state index is 0.150. The number of para-hydroxylation sites is 2. The van der Waals surface area contributed by atoms with E-state index in [2.05, 4.69) is 30.8 Å². The maximum Gasteiger partial charge on any atom is 0.261 e. The second kappa shape index (κ2) is 9.60. The highest BCUT2D eigenvalue weighted by Crippen LogP contribution is 2.37. The average Bonchev–Trinajstić information content (AvgIpc) is 2.88. The van der Waals surface area contributed by atoms with Crippen LogP contribution >= 0.6 is 16.1 Å². The number of aryl methyl sites for hydroxylation is 1. The van der Waals surface area contributed by atoms with Crippen molar-refractivity contribution in [3.8, 4) is 11.1 Å². The largest absolute Gasteiger partial charge is 0.368 e. The van der Waals surface area contributed by atoms with Gasteiger partial charge in [-0.25, -0.2) is 13.4 Å². The van der Waals surface area contributed by atoms with Gasteiger partial charge in [0.15, 0.2) is 5.82 Å². The van der Waals surface area contributed by atoms with E-state index in [0.717, 1.165) is 27.8 Å². The predicted molar refractivity (Wildman–Crippen MR) is 149 cm³/mol. The number of anilines is 4. The SMILES string of the molecule is Cc1ccc(S(=O)(=O)Nc2ccccc2-c2ccc3nc(N)nc(N(Br)c4ccccc4)c3c2)cc1. The van der Waals surface area contributed by atoms with Crippen molar-refractivity contribution in [3.63, 3.8) is 0 Å². The molecular weight excluding hydrogens is 538 g/mol. The van der Waals surface area contributed by atoms with Gasteiger partial charge in [0.05, 0.1) is 37.9 Å². The van der Waals surface area contributed by atoms with E-state index in [1.165, 1.54) is 0 Å². The third-order valence-corrected chi connectivity index (χ3v) is 7.80. The first kappa shape index (κ1) is 23.8. The molecule has 0 aliphatic heterocycles. The molecule has 0 saturated carbocycles. The summed E-state index contributed by atoms with van der Waals surface area (Å²) in [5.74, 6) is 0.722. The van der Waals surface area contributed by atoms with Crippen LogP contribution in [0, 0.1) is 6.92 Å². The molecule has 0 aliphatic rings. The summed E-state index contributed by atoms with van der Waals surface area (Å²) in [5, 5.41) is 0.749. The van der Waals surface area contributed by atoms with Crippen molar-refractivity contribution in [2.45, 2.75) is 11.8 Å². The van der Waals surface area contributed by atoms with Crippen LogP contribution in [0.5, 0.6) is 0 Å². The van der Waals surface area contributed by atoms with E-state index in [1.54, 1.807) is 40.3 Å². The van der Waals surface area contributed by atoms with E-state index in [9.17, 15) is 8.42 Å². The monoisotopic (exact) mass is 559 g/mol. The Morgan fingerprint density at radius 2 is 1.56 bits per heavy atom. The molecule has 0 unspecified atom stereocenters. The van der Waals surface area contributed by atoms with Crippen molar-refractivity contribution in [1.29, 1.82) is 0 Å². The zero-order valence-electron chi connectivity index (χ0n) is 19.3. The smallest absolute Gasteiger partial charge is 0.261 e. The molecule has 36 heavy (non-hydrogen) atoms. The fraction of sp³-hybridized carbons (Fsp3) is 0.0370. The Kier molecular flexibility index (Phi) is 6.34. The zero-order valence-corrected chi connectivity index (χ0v) is 21.7. The third kappa shape index (κ3) is 4.75. The molecule has 0 bridgehead atoms. The number of halogens is 1. The standard InChI is InChI=1S/C27H22BrN5O2S/c1-18-11-14-21(15-12-18)36(34,35)32-25-10-6-5-9-22(25)19-13-16-24-23(17-19)26(31-27(29)30-24)33(28)20-7-3-2-4-8-20/h2-17,32H,1H3,(H2,29,30,31). The minimum atomic E-state index is -3.77. The topological polar surface area (TPSA) is 101 Å². The van der Waals surface area contributed by atoms with Crippen molar-refractivity contribution in [3.05, 3.63) is 103 Å². The second-order valence-corrected chi connectivity index (χ2v) is 10.6. The zero-order chi connectivity index (χ0) is 25.3. The Hall–Kier alpha value is -3.95. The van der Waals surface area contributed by atoms with Gasteiger partial charge in [-0.2, -0.15) is 4.98 Å². The van der Waals surface area contributed by atoms with Gasteiger partial charge >= 0.3 is 0 Å². The molecule has 4 aromatic carbocycles. The quantitative estimate of drug-likeness (QED) is 0.232. The molecular formula is C27H22BrN5O2S. The average molecular weight is 560 g/mol. The number of hydrogen-bond donors (Lipinski definition) is 2. The van der Waals surface area contributed by atoms with Crippen LogP contribution in [0.3, 0.4) is 0 Å². The van der Waals surface area contributed by atoms with E-state index in [0.29, 0.717) is 17.0 Å². The Bertz CT molecular complexity index is 1660. The number of nitrogens with one attached hydrogen (secondary N) is 1. The van der Waals surface area contributed by atoms with Crippen LogP contribution in [0.4, 0.5) is 23.1 Å². The fourth-order valence-electron chi connectivity index (χ4n) is 3.87. The van der Waals surface area contributed by atoms with E-state index < -0.39 is 10.0 Å². The summed E-state index contributed by atoms with van der Waals surface area (Å²) in [5.41, 5.74) is 10.5. The van der Waals surface area contributed by atoms with Crippen molar-refractivity contribution >= 4 is 60.2 Å². The van der Waals surface area contributed by atoms with Gasteiger partial charge in [-0.1, -0.05) is 60.2 Å². The highest BCUT2D eigenvalue weighted by molar-refractivity contribution is 9.10. The Balaban J connectivity index is 1.59. The molecule has 0 aliphatic carbocycles. The Labute approximate surface area is 218 Å². The van der Waals surface area contributed by atoms with Crippen LogP contribution in [0.15, 0.2) is 102 Å². The minimum Gasteiger partial charge on any atom is -0.368 e. The summed E-state index contributed by atoms with van der Waals surface area (Å²) in [4.78, 5) is 9.06. The lowest BCUT2D eigenvalue weighted by atomic mass is 10.0. The van der Waals surface area contributed by atoms with Gasteiger partial charge in [0.25, 0.3) is 10.0 Å². The molecule has 0 fully saturated rings. The maximum atomic E-state index is 13.1. The number of hydrogen-bond acceptors (Lipinski definition) is 6. The summed E-state index contributed by atoms with van der Waals surface area (Å²) in [7, 11) is -3.77. The number of nitrogens with zero attached hydrogens (tertiary/aromatic N) is 3. The van der Waals surface area contributed by atoms with Gasteiger partial charge in [-0.15, -0.1) is 0 Å². The summed E-state index contributed by atoms with van der Waals surface area (Å²) in [6.07, 6.45) is 0. The number of benzene rings is 4. The first-order chi connectivity index (χ1) is 17.3. The molecule has 7 nitrogen and oxygen atoms in total. The fourth-order valence-corrected chi connectivity index (χ4v) is 5.46. The second-order valence-electron chi connectivity index (χ2n) is 8.22. The number of aromatic nitrogens is 2. The molecule has 180 valence electrons. The van der Waals surface area contributed by atoms with E-state index in [-0.39, 0.29) is 10.8 Å². The molecule has 0 radical (unpaired) electrons. The molecule has 0 atom stereocenters. The molecule has 3 N–H and O–H groups in total. The van der Waals surface area contributed by atoms with E-state index in [4.69, 9.17) is 5.73 Å². The molecule has 0 amide bonds. The van der Waals surface area contributed by atoms with Crippen LogP contribution in [0.1, 0.15) is 5.56 Å². The number of fused-ring (bicyclic) bond motifs is 1. The summed E-state index contributed by atoms with van der Waals surface area (Å²) >= 11 is 3.61. The van der Waals surface area contributed by atoms with Crippen molar-refractivity contribution in [2.75, 3.05) is 14.4 Å². The molecule has 1 heterocycles. The lowest BCUT2D eigenvalue weighted by Gasteiger charge is -2.18. The molecule has 5 rings (SSSR count). The van der Waals surface area contributed by atoms with Crippen molar-refractivity contribution in [2.24, 2.45) is 0 Å².